The zero-order valence-corrected chi connectivity index (χ0v) is 20.8. The lowest BCUT2D eigenvalue weighted by molar-refractivity contribution is -0.130. The van der Waals surface area contributed by atoms with Crippen molar-refractivity contribution in [1.29, 1.82) is 0 Å². The minimum absolute atomic E-state index is 0.0467. The fourth-order valence-electron chi connectivity index (χ4n) is 5.25. The third-order valence-electron chi connectivity index (χ3n) is 7.58. The van der Waals surface area contributed by atoms with Gasteiger partial charge in [0, 0.05) is 89.3 Å². The highest BCUT2D eigenvalue weighted by Crippen LogP contribution is 2.23. The lowest BCUT2D eigenvalue weighted by Crippen LogP contribution is -2.64. The maximum atomic E-state index is 12.9. The first-order chi connectivity index (χ1) is 17.5. The Morgan fingerprint density at radius 2 is 1.28 bits per heavy atom. The number of amides is 3. The largest absolute Gasteiger partial charge is 0.490 e. The van der Waals surface area contributed by atoms with Gasteiger partial charge in [0.15, 0.2) is 0 Å². The number of likely N-dealkylation sites (tertiary alicyclic amines) is 2. The molecule has 0 atom stereocenters. The molecule has 2 aromatic carbocycles. The van der Waals surface area contributed by atoms with E-state index < -0.39 is 0 Å². The van der Waals surface area contributed by atoms with Crippen LogP contribution in [0.3, 0.4) is 0 Å². The van der Waals surface area contributed by atoms with Gasteiger partial charge in [-0.1, -0.05) is 18.2 Å². The quantitative estimate of drug-likeness (QED) is 0.644. The van der Waals surface area contributed by atoms with Crippen molar-refractivity contribution in [2.24, 2.45) is 0 Å². The molecule has 36 heavy (non-hydrogen) atoms. The Morgan fingerprint density at radius 3 is 1.89 bits per heavy atom. The summed E-state index contributed by atoms with van der Waals surface area (Å²) < 4.78 is 6.07. The second-order valence-electron chi connectivity index (χ2n) is 9.91. The van der Waals surface area contributed by atoms with Crippen molar-refractivity contribution >= 4 is 17.7 Å². The van der Waals surface area contributed by atoms with E-state index in [-0.39, 0.29) is 23.8 Å². The summed E-state index contributed by atoms with van der Waals surface area (Å²) in [5.74, 6) is 1.02. The Balaban J connectivity index is 1.05. The van der Waals surface area contributed by atoms with Crippen LogP contribution in [0.1, 0.15) is 40.5 Å². The number of hydrogen-bond acceptors (Lipinski definition) is 5. The van der Waals surface area contributed by atoms with Gasteiger partial charge in [-0.3, -0.25) is 19.3 Å². The Bertz CT molecular complexity index is 1070. The highest BCUT2D eigenvalue weighted by Gasteiger charge is 2.37. The van der Waals surface area contributed by atoms with Crippen LogP contribution in [-0.4, -0.2) is 102 Å². The number of rotatable bonds is 5. The van der Waals surface area contributed by atoms with Gasteiger partial charge < -0.3 is 19.4 Å². The standard InChI is InChI=1S/C28H34N4O4/c1-21(33)29-13-11-26(12-14-29)36-25-9-7-23(8-10-25)28(35)32-19-24(20-32)30-15-17-31(18-16-30)27(34)22-5-3-2-4-6-22/h2-10,24,26H,11-20H2,1H3. The molecule has 3 heterocycles. The minimum atomic E-state index is 0.0467. The first kappa shape index (κ1) is 24.3. The molecule has 0 spiro atoms. The van der Waals surface area contributed by atoms with Crippen molar-refractivity contribution < 1.29 is 19.1 Å². The van der Waals surface area contributed by atoms with Crippen molar-refractivity contribution in [1.82, 2.24) is 19.6 Å². The normalized spacial score (nSPS) is 19.6. The SMILES string of the molecule is CC(=O)N1CCC(Oc2ccc(C(=O)N3CC(N4CCN(C(=O)c5ccccc5)CC4)C3)cc2)CC1. The molecule has 3 amide bonds. The van der Waals surface area contributed by atoms with Crippen LogP contribution in [0, 0.1) is 0 Å². The summed E-state index contributed by atoms with van der Waals surface area (Å²) in [5.41, 5.74) is 1.41. The van der Waals surface area contributed by atoms with Crippen LogP contribution in [0.25, 0.3) is 0 Å². The fourth-order valence-corrected chi connectivity index (χ4v) is 5.25. The Kier molecular flexibility index (Phi) is 7.23. The van der Waals surface area contributed by atoms with E-state index in [1.165, 1.54) is 0 Å². The van der Waals surface area contributed by atoms with E-state index in [9.17, 15) is 14.4 Å². The van der Waals surface area contributed by atoms with Gasteiger partial charge in [0.1, 0.15) is 11.9 Å². The van der Waals surface area contributed by atoms with Gasteiger partial charge in [0.2, 0.25) is 5.91 Å². The molecule has 3 aliphatic heterocycles. The number of nitrogens with zero attached hydrogens (tertiary/aromatic N) is 4. The Hall–Kier alpha value is -3.39. The van der Waals surface area contributed by atoms with Crippen LogP contribution in [0.2, 0.25) is 0 Å². The molecule has 5 rings (SSSR count). The molecule has 0 bridgehead atoms. The maximum absolute atomic E-state index is 12.9. The van der Waals surface area contributed by atoms with Crippen LogP contribution < -0.4 is 4.74 Å². The predicted octanol–water partition coefficient (Wildman–Crippen LogP) is 2.36. The molecule has 190 valence electrons. The van der Waals surface area contributed by atoms with Crippen LogP contribution >= 0.6 is 0 Å². The Labute approximate surface area is 212 Å². The molecular formula is C28H34N4O4. The molecule has 0 saturated carbocycles. The van der Waals surface area contributed by atoms with Gasteiger partial charge in [0.25, 0.3) is 11.8 Å². The summed E-state index contributed by atoms with van der Waals surface area (Å²) in [6.45, 7) is 7.60. The van der Waals surface area contributed by atoms with Gasteiger partial charge in [-0.25, -0.2) is 0 Å². The molecule has 0 aromatic heterocycles. The number of piperidine rings is 1. The van der Waals surface area contributed by atoms with Crippen LogP contribution in [0.5, 0.6) is 5.75 Å². The van der Waals surface area contributed by atoms with Gasteiger partial charge in [0.05, 0.1) is 0 Å². The molecular weight excluding hydrogens is 456 g/mol. The van der Waals surface area contributed by atoms with Crippen molar-refractivity contribution in [3.05, 3.63) is 65.7 Å². The summed E-state index contributed by atoms with van der Waals surface area (Å²) in [6.07, 6.45) is 1.75. The number of ether oxygens (including phenoxy) is 1. The van der Waals surface area contributed by atoms with E-state index in [2.05, 4.69) is 4.90 Å². The smallest absolute Gasteiger partial charge is 0.253 e. The summed E-state index contributed by atoms with van der Waals surface area (Å²) in [4.78, 5) is 45.1. The molecule has 3 saturated heterocycles. The lowest BCUT2D eigenvalue weighted by Gasteiger charge is -2.48. The van der Waals surface area contributed by atoms with Gasteiger partial charge in [-0.15, -0.1) is 0 Å². The van der Waals surface area contributed by atoms with E-state index in [0.717, 1.165) is 63.4 Å². The topological polar surface area (TPSA) is 73.4 Å². The molecule has 8 heteroatoms. The zero-order chi connectivity index (χ0) is 25.1. The van der Waals surface area contributed by atoms with E-state index in [1.807, 2.05) is 69.3 Å². The van der Waals surface area contributed by atoms with Crippen molar-refractivity contribution in [3.8, 4) is 5.75 Å². The van der Waals surface area contributed by atoms with E-state index in [1.54, 1.807) is 6.92 Å². The number of benzene rings is 2. The lowest BCUT2D eigenvalue weighted by atomic mass is 10.0. The van der Waals surface area contributed by atoms with Crippen molar-refractivity contribution in [2.45, 2.75) is 31.9 Å². The molecule has 0 N–H and O–H groups in total. The third-order valence-corrected chi connectivity index (χ3v) is 7.58. The molecule has 8 nitrogen and oxygen atoms in total. The monoisotopic (exact) mass is 490 g/mol. The second-order valence-corrected chi connectivity index (χ2v) is 9.91. The Morgan fingerprint density at radius 1 is 0.694 bits per heavy atom. The average Bonchev–Trinajstić information content (AvgIpc) is 2.89. The number of piperazine rings is 1. The van der Waals surface area contributed by atoms with Crippen molar-refractivity contribution in [3.63, 3.8) is 0 Å². The predicted molar refractivity (Wildman–Crippen MR) is 136 cm³/mol. The van der Waals surface area contributed by atoms with Crippen molar-refractivity contribution in [2.75, 3.05) is 52.4 Å². The molecule has 2 aromatic rings. The van der Waals surface area contributed by atoms with Crippen LogP contribution in [0.15, 0.2) is 54.6 Å². The number of hydrogen-bond donors (Lipinski definition) is 0. The summed E-state index contributed by atoms with van der Waals surface area (Å²) in [7, 11) is 0. The van der Waals surface area contributed by atoms with Gasteiger partial charge >= 0.3 is 0 Å². The van der Waals surface area contributed by atoms with Gasteiger partial charge in [-0.2, -0.15) is 0 Å². The van der Waals surface area contributed by atoms with Gasteiger partial charge in [-0.05, 0) is 36.4 Å². The van der Waals surface area contributed by atoms with Crippen LogP contribution in [0.4, 0.5) is 0 Å². The maximum Gasteiger partial charge on any atom is 0.253 e. The highest BCUT2D eigenvalue weighted by molar-refractivity contribution is 5.95. The summed E-state index contributed by atoms with van der Waals surface area (Å²) >= 11 is 0. The third kappa shape index (κ3) is 5.38. The number of carbonyl (C=O) groups is 3. The number of carbonyl (C=O) groups excluding carboxylic acids is 3. The molecule has 0 radical (unpaired) electrons. The first-order valence-electron chi connectivity index (χ1n) is 12.9. The zero-order valence-electron chi connectivity index (χ0n) is 20.8. The first-order valence-corrected chi connectivity index (χ1v) is 12.9. The highest BCUT2D eigenvalue weighted by atomic mass is 16.5. The minimum Gasteiger partial charge on any atom is -0.490 e. The summed E-state index contributed by atoms with van der Waals surface area (Å²) in [6, 6.07) is 17.2. The average molecular weight is 491 g/mol. The fraction of sp³-hybridized carbons (Fsp3) is 0.464. The molecule has 0 unspecified atom stereocenters. The second kappa shape index (κ2) is 10.7. The van der Waals surface area contributed by atoms with E-state index >= 15 is 0 Å². The van der Waals surface area contributed by atoms with Crippen LogP contribution in [-0.2, 0) is 4.79 Å². The van der Waals surface area contributed by atoms with E-state index in [4.69, 9.17) is 4.74 Å². The van der Waals surface area contributed by atoms with E-state index in [0.29, 0.717) is 24.7 Å². The molecule has 3 aliphatic rings. The molecule has 0 aliphatic carbocycles. The molecule has 3 fully saturated rings. The summed E-state index contributed by atoms with van der Waals surface area (Å²) in [5, 5.41) is 0.